The van der Waals surface area contributed by atoms with Gasteiger partial charge in [-0.3, -0.25) is 0 Å². The molecule has 0 radical (unpaired) electrons. The predicted molar refractivity (Wildman–Crippen MR) is 80.8 cm³/mol. The lowest BCUT2D eigenvalue weighted by Gasteiger charge is -1.97. The molecule has 0 aliphatic heterocycles. The lowest BCUT2D eigenvalue weighted by Crippen LogP contribution is -1.99. The molecular formula is C15H12N2O2S. The van der Waals surface area contributed by atoms with Crippen molar-refractivity contribution in [3.63, 3.8) is 0 Å². The van der Waals surface area contributed by atoms with E-state index in [0.717, 1.165) is 26.5 Å². The van der Waals surface area contributed by atoms with Crippen LogP contribution >= 0.6 is 11.3 Å². The van der Waals surface area contributed by atoms with Crippen molar-refractivity contribution in [2.45, 2.75) is 0 Å². The maximum atomic E-state index is 11.5. The normalized spacial score (nSPS) is 10.7. The largest absolute Gasteiger partial charge is 0.465 e. The number of hydrogen-bond acceptors (Lipinski definition) is 5. The van der Waals surface area contributed by atoms with E-state index < -0.39 is 0 Å². The highest BCUT2D eigenvalue weighted by Gasteiger charge is 2.10. The summed E-state index contributed by atoms with van der Waals surface area (Å²) in [6.45, 7) is 0. The number of carbonyl (C=O) groups is 1. The van der Waals surface area contributed by atoms with Crippen molar-refractivity contribution >= 4 is 33.2 Å². The number of ether oxygens (including phenoxy) is 1. The van der Waals surface area contributed by atoms with Gasteiger partial charge in [0.2, 0.25) is 0 Å². The third-order valence-electron chi connectivity index (χ3n) is 2.97. The molecule has 0 amide bonds. The van der Waals surface area contributed by atoms with Gasteiger partial charge in [-0.2, -0.15) is 0 Å². The van der Waals surface area contributed by atoms with Crippen LogP contribution in [-0.2, 0) is 4.74 Å². The van der Waals surface area contributed by atoms with E-state index in [1.165, 1.54) is 18.4 Å². The van der Waals surface area contributed by atoms with Crippen LogP contribution in [0, 0.1) is 0 Å². The molecule has 4 nitrogen and oxygen atoms in total. The number of nitrogens with zero attached hydrogens (tertiary/aromatic N) is 1. The molecule has 0 saturated heterocycles. The summed E-state index contributed by atoms with van der Waals surface area (Å²) in [6.07, 6.45) is 0. The number of nitrogen functional groups attached to an aromatic ring is 1. The molecule has 1 heterocycles. The molecule has 0 bridgehead atoms. The quantitative estimate of drug-likeness (QED) is 0.579. The third-order valence-corrected chi connectivity index (χ3v) is 4.03. The van der Waals surface area contributed by atoms with Crippen LogP contribution in [0.2, 0.25) is 0 Å². The molecule has 5 heteroatoms. The molecule has 0 aliphatic carbocycles. The minimum atomic E-state index is -0.339. The van der Waals surface area contributed by atoms with Crippen LogP contribution in [0.1, 0.15) is 10.4 Å². The molecule has 2 aromatic carbocycles. The van der Waals surface area contributed by atoms with Crippen LogP contribution in [0.25, 0.3) is 20.8 Å². The van der Waals surface area contributed by atoms with Crippen LogP contribution in [0.15, 0.2) is 42.5 Å². The second-order valence-electron chi connectivity index (χ2n) is 4.32. The fraction of sp³-hybridized carbons (Fsp3) is 0.0667. The minimum absolute atomic E-state index is 0.339. The van der Waals surface area contributed by atoms with Gasteiger partial charge in [0, 0.05) is 11.3 Å². The van der Waals surface area contributed by atoms with Crippen LogP contribution < -0.4 is 5.73 Å². The van der Waals surface area contributed by atoms with E-state index >= 15 is 0 Å². The van der Waals surface area contributed by atoms with Gasteiger partial charge in [0.15, 0.2) is 0 Å². The summed E-state index contributed by atoms with van der Waals surface area (Å²) in [7, 11) is 1.37. The van der Waals surface area contributed by atoms with Gasteiger partial charge in [-0.15, -0.1) is 11.3 Å². The van der Waals surface area contributed by atoms with E-state index in [4.69, 9.17) is 10.5 Å². The number of rotatable bonds is 2. The second-order valence-corrected chi connectivity index (χ2v) is 5.35. The van der Waals surface area contributed by atoms with Gasteiger partial charge in [-0.25, -0.2) is 9.78 Å². The highest BCUT2D eigenvalue weighted by atomic mass is 32.1. The molecule has 0 saturated carbocycles. The highest BCUT2D eigenvalue weighted by molar-refractivity contribution is 7.21. The first-order chi connectivity index (χ1) is 9.67. The monoisotopic (exact) mass is 284 g/mol. The zero-order chi connectivity index (χ0) is 14.1. The Morgan fingerprint density at radius 3 is 2.65 bits per heavy atom. The van der Waals surface area contributed by atoms with Crippen molar-refractivity contribution < 1.29 is 9.53 Å². The van der Waals surface area contributed by atoms with Crippen LogP contribution in [0.3, 0.4) is 0 Å². The Bertz CT molecular complexity index is 778. The molecule has 3 rings (SSSR count). The van der Waals surface area contributed by atoms with Crippen molar-refractivity contribution in [2.24, 2.45) is 0 Å². The molecule has 0 fully saturated rings. The summed E-state index contributed by atoms with van der Waals surface area (Å²) in [5, 5.41) is 0.905. The number of esters is 1. The number of nitrogens with two attached hydrogens (primary N) is 1. The Kier molecular flexibility index (Phi) is 3.12. The number of fused-ring (bicyclic) bond motifs is 1. The molecule has 3 aromatic rings. The van der Waals surface area contributed by atoms with Crippen molar-refractivity contribution in [2.75, 3.05) is 12.8 Å². The number of carbonyl (C=O) groups excluding carboxylic acids is 1. The van der Waals surface area contributed by atoms with Crippen molar-refractivity contribution in [1.82, 2.24) is 4.98 Å². The maximum absolute atomic E-state index is 11.5. The van der Waals surface area contributed by atoms with Gasteiger partial charge in [-0.05, 0) is 42.5 Å². The Morgan fingerprint density at radius 1 is 1.20 bits per heavy atom. The zero-order valence-corrected chi connectivity index (χ0v) is 11.6. The summed E-state index contributed by atoms with van der Waals surface area (Å²) in [5.41, 5.74) is 8.82. The summed E-state index contributed by atoms with van der Waals surface area (Å²) in [5.74, 6) is -0.339. The van der Waals surface area contributed by atoms with E-state index in [1.807, 2.05) is 30.3 Å². The fourth-order valence-corrected chi connectivity index (χ4v) is 2.93. The number of methoxy groups -OCH3 is 1. The number of benzene rings is 2. The van der Waals surface area contributed by atoms with E-state index in [-0.39, 0.29) is 5.97 Å². The van der Waals surface area contributed by atoms with Crippen LogP contribution in [-0.4, -0.2) is 18.1 Å². The van der Waals surface area contributed by atoms with Gasteiger partial charge < -0.3 is 10.5 Å². The lowest BCUT2D eigenvalue weighted by molar-refractivity contribution is 0.0601. The topological polar surface area (TPSA) is 65.2 Å². The first-order valence-corrected chi connectivity index (χ1v) is 6.84. The Balaban J connectivity index is 2.06. The molecule has 0 atom stereocenters. The summed E-state index contributed by atoms with van der Waals surface area (Å²) < 4.78 is 5.68. The minimum Gasteiger partial charge on any atom is -0.465 e. The van der Waals surface area contributed by atoms with Crippen LogP contribution in [0.5, 0.6) is 0 Å². The van der Waals surface area contributed by atoms with E-state index in [9.17, 15) is 4.79 Å². The first kappa shape index (κ1) is 12.6. The van der Waals surface area contributed by atoms with Crippen LogP contribution in [0.4, 0.5) is 5.69 Å². The van der Waals surface area contributed by atoms with E-state index in [0.29, 0.717) is 5.56 Å². The maximum Gasteiger partial charge on any atom is 0.337 e. The summed E-state index contributed by atoms with van der Waals surface area (Å²) >= 11 is 1.54. The van der Waals surface area contributed by atoms with Gasteiger partial charge >= 0.3 is 5.97 Å². The van der Waals surface area contributed by atoms with Crippen molar-refractivity contribution in [3.8, 4) is 10.6 Å². The summed E-state index contributed by atoms with van der Waals surface area (Å²) in [6, 6.07) is 12.9. The smallest absolute Gasteiger partial charge is 0.337 e. The lowest BCUT2D eigenvalue weighted by atomic mass is 10.2. The first-order valence-electron chi connectivity index (χ1n) is 6.02. The average Bonchev–Trinajstić information content (AvgIpc) is 2.90. The molecule has 0 unspecified atom stereocenters. The molecule has 100 valence electrons. The van der Waals surface area contributed by atoms with E-state index in [2.05, 4.69) is 4.98 Å². The Labute approximate surface area is 119 Å². The van der Waals surface area contributed by atoms with E-state index in [1.54, 1.807) is 12.1 Å². The molecule has 0 aliphatic rings. The van der Waals surface area contributed by atoms with Crippen molar-refractivity contribution in [3.05, 3.63) is 48.0 Å². The number of hydrogen-bond donors (Lipinski definition) is 1. The highest BCUT2D eigenvalue weighted by Crippen LogP contribution is 2.31. The fourth-order valence-electron chi connectivity index (χ4n) is 1.92. The Hall–Kier alpha value is -2.40. The number of aromatic nitrogens is 1. The van der Waals surface area contributed by atoms with Gasteiger partial charge in [0.1, 0.15) is 5.01 Å². The standard InChI is InChI=1S/C15H12N2O2S/c1-19-15(18)10-4-7-12-13(8-10)20-14(17-12)9-2-5-11(16)6-3-9/h2-8H,16H2,1H3. The van der Waals surface area contributed by atoms with Crippen molar-refractivity contribution in [1.29, 1.82) is 0 Å². The van der Waals surface area contributed by atoms with Gasteiger partial charge in [0.25, 0.3) is 0 Å². The predicted octanol–water partition coefficient (Wildman–Crippen LogP) is 3.33. The average molecular weight is 284 g/mol. The van der Waals surface area contributed by atoms with Gasteiger partial charge in [-0.1, -0.05) is 0 Å². The zero-order valence-electron chi connectivity index (χ0n) is 10.8. The number of thiazole rings is 1. The Morgan fingerprint density at radius 2 is 1.95 bits per heavy atom. The molecule has 2 N–H and O–H groups in total. The SMILES string of the molecule is COC(=O)c1ccc2nc(-c3ccc(N)cc3)sc2c1. The number of anilines is 1. The van der Waals surface area contributed by atoms with Gasteiger partial charge in [0.05, 0.1) is 22.9 Å². The third kappa shape index (κ3) is 2.23. The summed E-state index contributed by atoms with van der Waals surface area (Å²) in [4.78, 5) is 16.1. The molecule has 20 heavy (non-hydrogen) atoms. The molecular weight excluding hydrogens is 272 g/mol. The molecule has 0 spiro atoms. The second kappa shape index (κ2) is 4.94. The molecule has 1 aromatic heterocycles.